The SMILES string of the molecule is CC1(C(=O)O)CCN(c2ccncc2)CC1.O=C(O)C(F)(F)F. The van der Waals surface area contributed by atoms with Crippen LogP contribution >= 0.6 is 0 Å². The van der Waals surface area contributed by atoms with Crippen molar-refractivity contribution >= 4 is 17.6 Å². The normalized spacial score (nSPS) is 17.0. The molecular weight excluding hydrogens is 317 g/mol. The Morgan fingerprint density at radius 2 is 1.61 bits per heavy atom. The van der Waals surface area contributed by atoms with Crippen molar-refractivity contribution in [1.82, 2.24) is 4.98 Å². The lowest BCUT2D eigenvalue weighted by Crippen LogP contribution is -2.42. The Morgan fingerprint density at radius 3 is 1.96 bits per heavy atom. The number of carboxylic acid groups (broad SMARTS) is 2. The summed E-state index contributed by atoms with van der Waals surface area (Å²) in [6.45, 7) is 3.43. The molecule has 1 aliphatic heterocycles. The molecule has 0 atom stereocenters. The van der Waals surface area contributed by atoms with Gasteiger partial charge in [0.1, 0.15) is 0 Å². The van der Waals surface area contributed by atoms with Gasteiger partial charge in [-0.15, -0.1) is 0 Å². The van der Waals surface area contributed by atoms with Gasteiger partial charge in [0, 0.05) is 31.2 Å². The number of aliphatic carboxylic acids is 2. The van der Waals surface area contributed by atoms with Crippen molar-refractivity contribution < 1.29 is 33.0 Å². The molecule has 23 heavy (non-hydrogen) atoms. The Balaban J connectivity index is 0.000000322. The fraction of sp³-hybridized carbons (Fsp3) is 0.500. The lowest BCUT2D eigenvalue weighted by atomic mass is 9.80. The largest absolute Gasteiger partial charge is 0.490 e. The van der Waals surface area contributed by atoms with Gasteiger partial charge in [0.25, 0.3) is 0 Å². The van der Waals surface area contributed by atoms with E-state index in [9.17, 15) is 18.0 Å². The number of aromatic nitrogens is 1. The number of hydrogen-bond acceptors (Lipinski definition) is 4. The predicted octanol–water partition coefficient (Wildman–Crippen LogP) is 2.41. The average molecular weight is 334 g/mol. The molecule has 2 heterocycles. The van der Waals surface area contributed by atoms with Gasteiger partial charge in [-0.3, -0.25) is 9.78 Å². The maximum Gasteiger partial charge on any atom is 0.490 e. The molecule has 9 heteroatoms. The smallest absolute Gasteiger partial charge is 0.481 e. The van der Waals surface area contributed by atoms with Gasteiger partial charge >= 0.3 is 18.1 Å². The molecule has 0 amide bonds. The van der Waals surface area contributed by atoms with Crippen molar-refractivity contribution in [3.63, 3.8) is 0 Å². The van der Waals surface area contributed by atoms with E-state index in [1.165, 1.54) is 0 Å². The minimum Gasteiger partial charge on any atom is -0.481 e. The molecule has 2 N–H and O–H groups in total. The first-order chi connectivity index (χ1) is 10.6. The van der Waals surface area contributed by atoms with Gasteiger partial charge < -0.3 is 15.1 Å². The topological polar surface area (TPSA) is 90.7 Å². The van der Waals surface area contributed by atoms with Gasteiger partial charge in [0.15, 0.2) is 0 Å². The second-order valence-corrected chi connectivity index (χ2v) is 5.36. The van der Waals surface area contributed by atoms with E-state index in [0.717, 1.165) is 18.8 Å². The minimum atomic E-state index is -5.08. The minimum absolute atomic E-state index is 0.552. The summed E-state index contributed by atoms with van der Waals surface area (Å²) in [5, 5.41) is 16.3. The van der Waals surface area contributed by atoms with E-state index >= 15 is 0 Å². The summed E-state index contributed by atoms with van der Waals surface area (Å²) in [6.07, 6.45) is -0.157. The molecule has 1 aromatic heterocycles. The summed E-state index contributed by atoms with van der Waals surface area (Å²) in [4.78, 5) is 26.2. The Hall–Kier alpha value is -2.32. The van der Waals surface area contributed by atoms with Crippen LogP contribution in [0.2, 0.25) is 0 Å². The zero-order valence-corrected chi connectivity index (χ0v) is 12.4. The van der Waals surface area contributed by atoms with Crippen molar-refractivity contribution in [2.75, 3.05) is 18.0 Å². The molecule has 1 aromatic rings. The van der Waals surface area contributed by atoms with Crippen LogP contribution in [0, 0.1) is 5.41 Å². The van der Waals surface area contributed by atoms with Crippen LogP contribution in [0.4, 0.5) is 18.9 Å². The zero-order chi connectivity index (χ0) is 17.7. The van der Waals surface area contributed by atoms with E-state index in [4.69, 9.17) is 15.0 Å². The Labute approximate surface area is 130 Å². The quantitative estimate of drug-likeness (QED) is 0.863. The van der Waals surface area contributed by atoms with E-state index < -0.39 is 23.5 Å². The lowest BCUT2D eigenvalue weighted by Gasteiger charge is -2.37. The van der Waals surface area contributed by atoms with Gasteiger partial charge in [0.05, 0.1) is 5.41 Å². The summed E-state index contributed by atoms with van der Waals surface area (Å²) in [6, 6.07) is 3.92. The molecular formula is C14H17F3N2O4. The van der Waals surface area contributed by atoms with Crippen LogP contribution in [0.15, 0.2) is 24.5 Å². The number of anilines is 1. The first-order valence-corrected chi connectivity index (χ1v) is 6.75. The van der Waals surface area contributed by atoms with E-state index in [1.807, 2.05) is 19.1 Å². The maximum absolute atomic E-state index is 11.1. The average Bonchev–Trinajstić information content (AvgIpc) is 2.48. The van der Waals surface area contributed by atoms with E-state index in [2.05, 4.69) is 9.88 Å². The highest BCUT2D eigenvalue weighted by Gasteiger charge is 2.38. The second kappa shape index (κ2) is 7.30. The van der Waals surface area contributed by atoms with Crippen LogP contribution in [0.1, 0.15) is 19.8 Å². The number of halogens is 3. The molecule has 0 unspecified atom stereocenters. The van der Waals surface area contributed by atoms with Gasteiger partial charge in [0.2, 0.25) is 0 Å². The summed E-state index contributed by atoms with van der Waals surface area (Å²) < 4.78 is 31.7. The first kappa shape index (κ1) is 18.7. The van der Waals surface area contributed by atoms with E-state index in [1.54, 1.807) is 12.4 Å². The third kappa shape index (κ3) is 5.42. The molecule has 1 fully saturated rings. The molecule has 1 saturated heterocycles. The molecule has 2 rings (SSSR count). The summed E-state index contributed by atoms with van der Waals surface area (Å²) in [5.41, 5.74) is 0.575. The molecule has 6 nitrogen and oxygen atoms in total. The number of rotatable bonds is 2. The van der Waals surface area contributed by atoms with Gasteiger partial charge in [-0.05, 0) is 31.9 Å². The molecule has 0 saturated carbocycles. The van der Waals surface area contributed by atoms with Crippen LogP contribution < -0.4 is 4.90 Å². The highest BCUT2D eigenvalue weighted by atomic mass is 19.4. The molecule has 1 aliphatic rings. The van der Waals surface area contributed by atoms with Gasteiger partial charge in [-0.1, -0.05) is 0 Å². The van der Waals surface area contributed by atoms with Crippen molar-refractivity contribution in [1.29, 1.82) is 0 Å². The standard InChI is InChI=1S/C12H16N2O2.C2HF3O2/c1-12(11(15)16)4-8-14(9-5-12)10-2-6-13-7-3-10;3-2(4,5)1(6)7/h2-3,6-7H,4-5,8-9H2,1H3,(H,15,16);(H,6,7). The lowest BCUT2D eigenvalue weighted by molar-refractivity contribution is -0.192. The van der Waals surface area contributed by atoms with Gasteiger partial charge in [-0.2, -0.15) is 13.2 Å². The number of carbonyl (C=O) groups is 2. The third-order valence-electron chi connectivity index (χ3n) is 3.65. The third-order valence-corrected chi connectivity index (χ3v) is 3.65. The molecule has 0 spiro atoms. The molecule has 0 aliphatic carbocycles. The molecule has 128 valence electrons. The first-order valence-electron chi connectivity index (χ1n) is 6.75. The van der Waals surface area contributed by atoms with Crippen LogP contribution in [-0.2, 0) is 9.59 Å². The molecule has 0 bridgehead atoms. The maximum atomic E-state index is 11.1. The summed E-state index contributed by atoms with van der Waals surface area (Å²) in [7, 11) is 0. The van der Waals surface area contributed by atoms with E-state index in [0.29, 0.717) is 12.8 Å². The fourth-order valence-electron chi connectivity index (χ4n) is 2.03. The number of carboxylic acids is 2. The Morgan fingerprint density at radius 1 is 1.17 bits per heavy atom. The second-order valence-electron chi connectivity index (χ2n) is 5.36. The number of pyridine rings is 1. The van der Waals surface area contributed by atoms with Crippen molar-refractivity contribution in [2.24, 2.45) is 5.41 Å². The van der Waals surface area contributed by atoms with Crippen molar-refractivity contribution in [3.8, 4) is 0 Å². The van der Waals surface area contributed by atoms with Gasteiger partial charge in [-0.25, -0.2) is 4.79 Å². The highest BCUT2D eigenvalue weighted by Crippen LogP contribution is 2.32. The van der Waals surface area contributed by atoms with Crippen LogP contribution in [0.5, 0.6) is 0 Å². The Kier molecular flexibility index (Phi) is 5.94. The molecule has 0 radical (unpaired) electrons. The van der Waals surface area contributed by atoms with Crippen LogP contribution in [-0.4, -0.2) is 46.4 Å². The predicted molar refractivity (Wildman–Crippen MR) is 75.1 cm³/mol. The summed E-state index contributed by atoms with van der Waals surface area (Å²) in [5.74, 6) is -3.44. The number of alkyl halides is 3. The van der Waals surface area contributed by atoms with Crippen molar-refractivity contribution in [3.05, 3.63) is 24.5 Å². The monoisotopic (exact) mass is 334 g/mol. The Bertz CT molecular complexity index is 541. The van der Waals surface area contributed by atoms with Crippen LogP contribution in [0.3, 0.4) is 0 Å². The summed E-state index contributed by atoms with van der Waals surface area (Å²) >= 11 is 0. The number of hydrogen-bond donors (Lipinski definition) is 2. The van der Waals surface area contributed by atoms with Crippen molar-refractivity contribution in [2.45, 2.75) is 25.9 Å². The molecule has 0 aromatic carbocycles. The van der Waals surface area contributed by atoms with Crippen LogP contribution in [0.25, 0.3) is 0 Å². The van der Waals surface area contributed by atoms with E-state index in [-0.39, 0.29) is 0 Å². The number of nitrogens with zero attached hydrogens (tertiary/aromatic N) is 2. The number of piperidine rings is 1. The zero-order valence-electron chi connectivity index (χ0n) is 12.4. The fourth-order valence-corrected chi connectivity index (χ4v) is 2.03. The highest BCUT2D eigenvalue weighted by molar-refractivity contribution is 5.74.